The smallest absolute Gasteiger partial charge is 0.239 e. The summed E-state index contributed by atoms with van der Waals surface area (Å²) < 4.78 is 0.662. The maximum Gasteiger partial charge on any atom is 0.239 e. The molecule has 32 heavy (non-hydrogen) atoms. The third-order valence-electron chi connectivity index (χ3n) is 6.38. The largest absolute Gasteiger partial charge is 0.347 e. The monoisotopic (exact) mass is 518 g/mol. The van der Waals surface area contributed by atoms with E-state index in [9.17, 15) is 9.59 Å². The van der Waals surface area contributed by atoms with Crippen molar-refractivity contribution in [3.8, 4) is 0 Å². The molecule has 8 heteroatoms. The summed E-state index contributed by atoms with van der Waals surface area (Å²) in [7, 11) is 3.48. The molecule has 2 amide bonds. The molecule has 2 aliphatic heterocycles. The number of carbonyl (C=O) groups is 2. The average Bonchev–Trinajstić information content (AvgIpc) is 3.15. The number of pyridine rings is 1. The molecule has 0 unspecified atom stereocenters. The summed E-state index contributed by atoms with van der Waals surface area (Å²) in [6.07, 6.45) is 0.699. The molecule has 6 nitrogen and oxygen atoms in total. The van der Waals surface area contributed by atoms with Crippen molar-refractivity contribution in [3.63, 3.8) is 0 Å². The zero-order valence-electron chi connectivity index (χ0n) is 18.9. The number of anilines is 1. The van der Waals surface area contributed by atoms with Gasteiger partial charge in [-0.05, 0) is 57.6 Å². The molecule has 1 aromatic carbocycles. The molecular weight excluding hydrogens is 492 g/mol. The van der Waals surface area contributed by atoms with Crippen molar-refractivity contribution in [2.75, 3.05) is 19.4 Å². The van der Waals surface area contributed by atoms with E-state index in [1.165, 1.54) is 0 Å². The molecule has 1 aromatic heterocycles. The second-order valence-corrected chi connectivity index (χ2v) is 11.3. The number of carbonyl (C=O) groups excluding carboxylic acids is 2. The maximum atomic E-state index is 13.9. The third kappa shape index (κ3) is 3.74. The molecule has 0 aliphatic carbocycles. The van der Waals surface area contributed by atoms with Crippen molar-refractivity contribution in [1.82, 2.24) is 15.2 Å². The number of hydrogen-bond acceptors (Lipinski definition) is 4. The van der Waals surface area contributed by atoms with E-state index in [0.717, 1.165) is 5.56 Å². The first-order valence-electron chi connectivity index (χ1n) is 10.7. The van der Waals surface area contributed by atoms with Crippen LogP contribution < -0.4 is 10.6 Å². The Bertz CT molecular complexity index is 1080. The molecule has 0 bridgehead atoms. The fraction of sp³-hybridized carbons (Fsp3) is 0.458. The highest BCUT2D eigenvalue weighted by atomic mass is 79.9. The predicted octanol–water partition coefficient (Wildman–Crippen LogP) is 4.34. The number of likely N-dealkylation sites (N-methyl/N-ethyl adjacent to an activating group) is 1. The van der Waals surface area contributed by atoms with Crippen LogP contribution >= 0.6 is 27.5 Å². The van der Waals surface area contributed by atoms with E-state index in [1.807, 2.05) is 30.3 Å². The fourth-order valence-corrected chi connectivity index (χ4v) is 5.76. The van der Waals surface area contributed by atoms with Crippen molar-refractivity contribution >= 4 is 45.0 Å². The highest BCUT2D eigenvalue weighted by Crippen LogP contribution is 2.56. The second-order valence-electron chi connectivity index (χ2n) is 10.1. The van der Waals surface area contributed by atoms with E-state index in [-0.39, 0.29) is 23.3 Å². The Morgan fingerprint density at radius 2 is 1.97 bits per heavy atom. The first-order valence-corrected chi connectivity index (χ1v) is 11.8. The van der Waals surface area contributed by atoms with E-state index >= 15 is 0 Å². The second kappa shape index (κ2) is 8.12. The first kappa shape index (κ1) is 23.2. The van der Waals surface area contributed by atoms with Gasteiger partial charge in [0.1, 0.15) is 10.0 Å². The van der Waals surface area contributed by atoms with Crippen LogP contribution in [0.25, 0.3) is 0 Å². The van der Waals surface area contributed by atoms with E-state index < -0.39 is 17.4 Å². The molecule has 4 atom stereocenters. The number of nitrogens with one attached hydrogen (secondary N) is 2. The Hall–Kier alpha value is -1.96. The molecule has 2 N–H and O–H groups in total. The Morgan fingerprint density at radius 1 is 1.25 bits per heavy atom. The van der Waals surface area contributed by atoms with Gasteiger partial charge in [0.2, 0.25) is 11.8 Å². The SMILES string of the molecule is CN(C)C(=O)[C@@H]1N[C@H](CC(C)(C)C)[C@]2(C(=O)Nc3cc(Cl)ccc32)[C@H]1c1cccc(Br)n1. The van der Waals surface area contributed by atoms with Gasteiger partial charge in [-0.2, -0.15) is 0 Å². The van der Waals surface area contributed by atoms with Gasteiger partial charge < -0.3 is 15.5 Å². The van der Waals surface area contributed by atoms with Gasteiger partial charge in [-0.25, -0.2) is 4.98 Å². The van der Waals surface area contributed by atoms with Crippen molar-refractivity contribution < 1.29 is 9.59 Å². The van der Waals surface area contributed by atoms with Gasteiger partial charge in [0, 0.05) is 42.5 Å². The molecule has 0 radical (unpaired) electrons. The van der Waals surface area contributed by atoms with Gasteiger partial charge >= 0.3 is 0 Å². The lowest BCUT2D eigenvalue weighted by atomic mass is 9.63. The predicted molar refractivity (Wildman–Crippen MR) is 130 cm³/mol. The highest BCUT2D eigenvalue weighted by molar-refractivity contribution is 9.10. The van der Waals surface area contributed by atoms with Gasteiger partial charge in [-0.3, -0.25) is 9.59 Å². The third-order valence-corrected chi connectivity index (χ3v) is 7.06. The van der Waals surface area contributed by atoms with Gasteiger partial charge in [0.15, 0.2) is 0 Å². The van der Waals surface area contributed by atoms with E-state index in [2.05, 4.69) is 47.3 Å². The van der Waals surface area contributed by atoms with Gasteiger partial charge in [0.25, 0.3) is 0 Å². The standard InChI is InChI=1S/C24H28BrClN4O2/c1-23(2,3)12-17-24(14-10-9-13(26)11-16(14)28-22(24)32)19(15-7-6-8-18(25)27-15)20(29-17)21(31)30(4)5/h6-11,17,19-20,29H,12H2,1-5H3,(H,28,32)/t17-,19+,20-,24+/m1/s1. The van der Waals surface area contributed by atoms with Crippen molar-refractivity contribution in [3.05, 3.63) is 57.3 Å². The molecule has 1 spiro atoms. The lowest BCUT2D eigenvalue weighted by Gasteiger charge is -2.37. The summed E-state index contributed by atoms with van der Waals surface area (Å²) in [5.41, 5.74) is 1.17. The normalized spacial score (nSPS) is 26.8. The van der Waals surface area contributed by atoms with Crippen LogP contribution in [0.5, 0.6) is 0 Å². The first-order chi connectivity index (χ1) is 14.9. The molecule has 3 heterocycles. The van der Waals surface area contributed by atoms with E-state index in [0.29, 0.717) is 27.4 Å². The number of benzene rings is 1. The van der Waals surface area contributed by atoms with Crippen LogP contribution in [0.15, 0.2) is 41.0 Å². The summed E-state index contributed by atoms with van der Waals surface area (Å²) >= 11 is 9.73. The molecule has 170 valence electrons. The van der Waals surface area contributed by atoms with Crippen LogP contribution in [0, 0.1) is 5.41 Å². The number of nitrogens with zero attached hydrogens (tertiary/aromatic N) is 2. The topological polar surface area (TPSA) is 74.3 Å². The maximum absolute atomic E-state index is 13.9. The minimum atomic E-state index is -1.00. The quantitative estimate of drug-likeness (QED) is 0.592. The molecule has 2 aliphatic rings. The van der Waals surface area contributed by atoms with Crippen LogP contribution in [0.1, 0.15) is 44.4 Å². The zero-order chi connectivity index (χ0) is 23.4. The summed E-state index contributed by atoms with van der Waals surface area (Å²) in [5.74, 6) is -0.704. The molecule has 1 fully saturated rings. The number of fused-ring (bicyclic) bond motifs is 2. The van der Waals surface area contributed by atoms with Crippen molar-refractivity contribution in [2.24, 2.45) is 5.41 Å². The summed E-state index contributed by atoms with van der Waals surface area (Å²) in [5, 5.41) is 7.19. The van der Waals surface area contributed by atoms with Crippen LogP contribution in [0.2, 0.25) is 5.02 Å². The fourth-order valence-electron chi connectivity index (χ4n) is 5.23. The lowest BCUT2D eigenvalue weighted by molar-refractivity contribution is -0.131. The van der Waals surface area contributed by atoms with E-state index in [1.54, 1.807) is 25.1 Å². The molecule has 2 aromatic rings. The summed E-state index contributed by atoms with van der Waals surface area (Å²) in [6, 6.07) is 10.3. The average molecular weight is 520 g/mol. The van der Waals surface area contributed by atoms with Gasteiger partial charge in [-0.1, -0.05) is 44.5 Å². The highest BCUT2D eigenvalue weighted by Gasteiger charge is 2.66. The van der Waals surface area contributed by atoms with Crippen LogP contribution in [-0.2, 0) is 15.0 Å². The van der Waals surface area contributed by atoms with E-state index in [4.69, 9.17) is 16.6 Å². The molecule has 0 saturated carbocycles. The molecule has 1 saturated heterocycles. The number of hydrogen-bond donors (Lipinski definition) is 2. The van der Waals surface area contributed by atoms with Crippen LogP contribution in [0.3, 0.4) is 0 Å². The van der Waals surface area contributed by atoms with Crippen LogP contribution in [0.4, 0.5) is 5.69 Å². The Balaban J connectivity index is 2.01. The number of amides is 2. The van der Waals surface area contributed by atoms with Crippen molar-refractivity contribution in [1.29, 1.82) is 0 Å². The Kier molecular flexibility index (Phi) is 5.89. The minimum absolute atomic E-state index is 0.0779. The Labute approximate surface area is 202 Å². The van der Waals surface area contributed by atoms with Crippen LogP contribution in [-0.4, -0.2) is 47.9 Å². The van der Waals surface area contributed by atoms with Gasteiger partial charge in [-0.15, -0.1) is 0 Å². The Morgan fingerprint density at radius 3 is 2.59 bits per heavy atom. The summed E-state index contributed by atoms with van der Waals surface area (Å²) in [4.78, 5) is 33.6. The van der Waals surface area contributed by atoms with Crippen molar-refractivity contribution in [2.45, 2.75) is 50.6 Å². The summed E-state index contributed by atoms with van der Waals surface area (Å²) in [6.45, 7) is 6.43. The van der Waals surface area contributed by atoms with Gasteiger partial charge in [0.05, 0.1) is 6.04 Å². The number of aromatic nitrogens is 1. The number of rotatable bonds is 3. The molecule has 4 rings (SSSR count). The zero-order valence-corrected chi connectivity index (χ0v) is 21.2. The molecular formula is C24H28BrClN4O2. The minimum Gasteiger partial charge on any atom is -0.347 e. The number of halogens is 2. The lowest BCUT2D eigenvalue weighted by Crippen LogP contribution is -2.49.